The molecule has 1 aromatic carbocycles. The van der Waals surface area contributed by atoms with Gasteiger partial charge in [0.2, 0.25) is 11.8 Å². The van der Waals surface area contributed by atoms with Gasteiger partial charge in [-0.2, -0.15) is 4.98 Å². The van der Waals surface area contributed by atoms with E-state index in [1.165, 1.54) is 0 Å². The van der Waals surface area contributed by atoms with Gasteiger partial charge in [0.25, 0.3) is 0 Å². The van der Waals surface area contributed by atoms with Gasteiger partial charge < -0.3 is 14.2 Å². The summed E-state index contributed by atoms with van der Waals surface area (Å²) in [6.45, 7) is 3.45. The summed E-state index contributed by atoms with van der Waals surface area (Å²) in [4.78, 5) is 18.5. The number of carbonyl (C=O) groups is 1. The molecule has 23 heavy (non-hydrogen) atoms. The van der Waals surface area contributed by atoms with E-state index in [4.69, 9.17) is 9.26 Å². The molecule has 0 unspecified atom stereocenters. The summed E-state index contributed by atoms with van der Waals surface area (Å²) in [5.74, 6) is 1.23. The van der Waals surface area contributed by atoms with E-state index in [2.05, 4.69) is 10.1 Å². The second kappa shape index (κ2) is 7.37. The Hall–Kier alpha value is -2.21. The summed E-state index contributed by atoms with van der Waals surface area (Å²) < 4.78 is 10.6. The molecule has 1 aromatic heterocycles. The van der Waals surface area contributed by atoms with Gasteiger partial charge in [-0.3, -0.25) is 4.79 Å². The molecular weight excluding hydrogens is 294 g/mol. The number of ether oxygens (including phenoxy) is 1. The normalized spacial score (nSPS) is 17.6. The van der Waals surface area contributed by atoms with Gasteiger partial charge in [0, 0.05) is 13.5 Å². The van der Waals surface area contributed by atoms with Crippen molar-refractivity contribution < 1.29 is 14.1 Å². The molecule has 0 bridgehead atoms. The Morgan fingerprint density at radius 2 is 2.22 bits per heavy atom. The Labute approximate surface area is 135 Å². The molecule has 6 heteroatoms. The van der Waals surface area contributed by atoms with Gasteiger partial charge >= 0.3 is 0 Å². The first-order valence-corrected chi connectivity index (χ1v) is 7.95. The first-order chi connectivity index (χ1) is 11.2. The third-order valence-electron chi connectivity index (χ3n) is 3.99. The van der Waals surface area contributed by atoms with Crippen LogP contribution in [0.15, 0.2) is 34.9 Å². The SMILES string of the molecule is Cc1nc([C@H]2CCCN2C(=O)CCOCc2ccccc2)no1. The molecule has 122 valence electrons. The Bertz CT molecular complexity index is 642. The Kier molecular flexibility index (Phi) is 5.02. The molecule has 0 N–H and O–H groups in total. The van der Waals surface area contributed by atoms with Crippen LogP contribution >= 0.6 is 0 Å². The highest BCUT2D eigenvalue weighted by atomic mass is 16.5. The average Bonchev–Trinajstić information content (AvgIpc) is 3.21. The molecule has 1 amide bonds. The van der Waals surface area contributed by atoms with Crippen LogP contribution in [0, 0.1) is 6.92 Å². The van der Waals surface area contributed by atoms with E-state index in [1.54, 1.807) is 6.92 Å². The van der Waals surface area contributed by atoms with Crippen LogP contribution < -0.4 is 0 Å². The number of carbonyl (C=O) groups excluding carboxylic acids is 1. The Balaban J connectivity index is 1.47. The van der Waals surface area contributed by atoms with Crippen LogP contribution in [-0.4, -0.2) is 34.1 Å². The van der Waals surface area contributed by atoms with Crippen molar-refractivity contribution in [3.63, 3.8) is 0 Å². The highest BCUT2D eigenvalue weighted by Gasteiger charge is 2.32. The minimum Gasteiger partial charge on any atom is -0.376 e. The first kappa shape index (κ1) is 15.7. The molecule has 2 aromatic rings. The maximum absolute atomic E-state index is 12.4. The zero-order chi connectivity index (χ0) is 16.1. The van der Waals surface area contributed by atoms with Gasteiger partial charge in [-0.25, -0.2) is 0 Å². The molecule has 1 aliphatic rings. The van der Waals surface area contributed by atoms with Crippen molar-refractivity contribution in [3.8, 4) is 0 Å². The fourth-order valence-electron chi connectivity index (χ4n) is 2.85. The van der Waals surface area contributed by atoms with Crippen molar-refractivity contribution in [1.29, 1.82) is 0 Å². The highest BCUT2D eigenvalue weighted by Crippen LogP contribution is 2.30. The zero-order valence-electron chi connectivity index (χ0n) is 13.3. The number of benzene rings is 1. The number of amides is 1. The van der Waals surface area contributed by atoms with Gasteiger partial charge in [0.05, 0.1) is 25.7 Å². The van der Waals surface area contributed by atoms with Gasteiger partial charge in [0.15, 0.2) is 5.82 Å². The standard InChI is InChI=1S/C17H21N3O3/c1-13-18-17(19-23-13)15-8-5-10-20(15)16(21)9-11-22-12-14-6-3-2-4-7-14/h2-4,6-7,15H,5,8-12H2,1H3/t15-/m1/s1. The van der Waals surface area contributed by atoms with Crippen LogP contribution in [0.5, 0.6) is 0 Å². The monoisotopic (exact) mass is 315 g/mol. The number of rotatable bonds is 6. The van der Waals surface area contributed by atoms with E-state index >= 15 is 0 Å². The lowest BCUT2D eigenvalue weighted by Gasteiger charge is -2.22. The van der Waals surface area contributed by atoms with E-state index < -0.39 is 0 Å². The van der Waals surface area contributed by atoms with Gasteiger partial charge in [-0.05, 0) is 18.4 Å². The van der Waals surface area contributed by atoms with E-state index in [-0.39, 0.29) is 11.9 Å². The number of hydrogen-bond acceptors (Lipinski definition) is 5. The summed E-state index contributed by atoms with van der Waals surface area (Å²) >= 11 is 0. The molecule has 2 heterocycles. The van der Waals surface area contributed by atoms with Crippen molar-refractivity contribution in [2.45, 2.75) is 38.8 Å². The average molecular weight is 315 g/mol. The second-order valence-corrected chi connectivity index (χ2v) is 5.70. The quantitative estimate of drug-likeness (QED) is 0.767. The van der Waals surface area contributed by atoms with Crippen molar-refractivity contribution in [3.05, 3.63) is 47.6 Å². The minimum atomic E-state index is -0.0610. The summed E-state index contributed by atoms with van der Waals surface area (Å²) in [5, 5.41) is 3.96. The molecule has 1 fully saturated rings. The summed E-state index contributed by atoms with van der Waals surface area (Å²) in [6, 6.07) is 9.89. The molecule has 0 aliphatic carbocycles. The minimum absolute atomic E-state index is 0.0610. The molecule has 0 radical (unpaired) electrons. The molecule has 6 nitrogen and oxygen atoms in total. The van der Waals surface area contributed by atoms with Crippen LogP contribution in [0.3, 0.4) is 0 Å². The van der Waals surface area contributed by atoms with Crippen LogP contribution in [0.2, 0.25) is 0 Å². The van der Waals surface area contributed by atoms with E-state index in [0.717, 1.165) is 24.9 Å². The van der Waals surface area contributed by atoms with E-state index in [1.807, 2.05) is 35.2 Å². The van der Waals surface area contributed by atoms with Crippen molar-refractivity contribution in [2.75, 3.05) is 13.2 Å². The summed E-state index contributed by atoms with van der Waals surface area (Å²) in [7, 11) is 0. The predicted octanol–water partition coefficient (Wildman–Crippen LogP) is 2.65. The van der Waals surface area contributed by atoms with Crippen molar-refractivity contribution in [1.82, 2.24) is 15.0 Å². The van der Waals surface area contributed by atoms with E-state index in [9.17, 15) is 4.79 Å². The molecular formula is C17H21N3O3. The maximum Gasteiger partial charge on any atom is 0.225 e. The number of likely N-dealkylation sites (tertiary alicyclic amines) is 1. The fourth-order valence-corrected chi connectivity index (χ4v) is 2.85. The summed E-state index contributed by atoms with van der Waals surface area (Å²) in [6.07, 6.45) is 2.23. The molecule has 1 aliphatic heterocycles. The van der Waals surface area contributed by atoms with Gasteiger partial charge in [-0.15, -0.1) is 0 Å². The highest BCUT2D eigenvalue weighted by molar-refractivity contribution is 5.77. The van der Waals surface area contributed by atoms with Gasteiger partial charge in [0.1, 0.15) is 0 Å². The zero-order valence-corrected chi connectivity index (χ0v) is 13.3. The smallest absolute Gasteiger partial charge is 0.225 e. The lowest BCUT2D eigenvalue weighted by molar-refractivity contribution is -0.133. The Morgan fingerprint density at radius 3 is 2.96 bits per heavy atom. The van der Waals surface area contributed by atoms with Crippen molar-refractivity contribution in [2.24, 2.45) is 0 Å². The van der Waals surface area contributed by atoms with Gasteiger partial charge in [-0.1, -0.05) is 35.5 Å². The largest absolute Gasteiger partial charge is 0.376 e. The lowest BCUT2D eigenvalue weighted by Crippen LogP contribution is -2.31. The van der Waals surface area contributed by atoms with E-state index in [0.29, 0.717) is 31.3 Å². The molecule has 1 atom stereocenters. The molecule has 1 saturated heterocycles. The van der Waals surface area contributed by atoms with Crippen LogP contribution in [0.4, 0.5) is 0 Å². The number of hydrogen-bond donors (Lipinski definition) is 0. The molecule has 0 spiro atoms. The topological polar surface area (TPSA) is 68.5 Å². The lowest BCUT2D eigenvalue weighted by atomic mass is 10.2. The number of aromatic nitrogens is 2. The predicted molar refractivity (Wildman–Crippen MR) is 83.4 cm³/mol. The van der Waals surface area contributed by atoms with Crippen molar-refractivity contribution >= 4 is 5.91 Å². The molecule has 3 rings (SSSR count). The van der Waals surface area contributed by atoms with Crippen LogP contribution in [0.1, 0.15) is 42.6 Å². The third kappa shape index (κ3) is 3.96. The maximum atomic E-state index is 12.4. The second-order valence-electron chi connectivity index (χ2n) is 5.70. The summed E-state index contributed by atoms with van der Waals surface area (Å²) in [5.41, 5.74) is 1.11. The van der Waals surface area contributed by atoms with Crippen LogP contribution in [0.25, 0.3) is 0 Å². The number of nitrogens with zero attached hydrogens (tertiary/aromatic N) is 3. The number of aryl methyl sites for hydroxylation is 1. The third-order valence-corrected chi connectivity index (χ3v) is 3.99. The Morgan fingerprint density at radius 1 is 1.39 bits per heavy atom. The first-order valence-electron chi connectivity index (χ1n) is 7.95. The molecule has 0 saturated carbocycles. The fraction of sp³-hybridized carbons (Fsp3) is 0.471. The van der Waals surface area contributed by atoms with Crippen LogP contribution in [-0.2, 0) is 16.1 Å².